The minimum absolute atomic E-state index is 0.0865. The Labute approximate surface area is 197 Å². The number of nitriles is 1. The van der Waals surface area contributed by atoms with Gasteiger partial charge >= 0.3 is 0 Å². The molecule has 0 aromatic heterocycles. The molecule has 3 aromatic rings. The summed E-state index contributed by atoms with van der Waals surface area (Å²) in [5.74, 6) is -1.16. The van der Waals surface area contributed by atoms with Crippen molar-refractivity contribution in [1.82, 2.24) is 10.6 Å². The van der Waals surface area contributed by atoms with E-state index >= 15 is 0 Å². The van der Waals surface area contributed by atoms with Crippen LogP contribution in [-0.4, -0.2) is 25.6 Å². The molecule has 0 aliphatic carbocycles. The first kappa shape index (κ1) is 22.1. The van der Waals surface area contributed by atoms with Crippen LogP contribution in [0.1, 0.15) is 29.5 Å². The molecule has 5 nitrogen and oxygen atoms in total. The van der Waals surface area contributed by atoms with Gasteiger partial charge in [0.15, 0.2) is 17.6 Å². The lowest BCUT2D eigenvalue weighted by atomic mass is 9.73. The third-order valence-electron chi connectivity index (χ3n) is 6.78. The molecule has 5 rings (SSSR count). The second kappa shape index (κ2) is 9.24. The molecule has 2 aliphatic heterocycles. The minimum atomic E-state index is -0.872. The summed E-state index contributed by atoms with van der Waals surface area (Å²) < 4.78 is 27.2. The number of hydrogen-bond acceptors (Lipinski definition) is 5. The number of aliphatic imine (C=N–C) groups is 1. The van der Waals surface area contributed by atoms with Gasteiger partial charge in [0, 0.05) is 29.3 Å². The standard InChI is InChI=1S/C27H25F2N5/c28-23-13-21-16-32-26(34-25(21)14-24(23)29)33-17-27(8-10-31-11-9-27)22-6-4-19(5-7-22)20-3-1-2-18(12-20)15-30/h1-7,12-14,31H,8-11,16-17H2,(H2,32,33,34). The van der Waals surface area contributed by atoms with Gasteiger partial charge in [0.1, 0.15) is 0 Å². The second-order valence-electron chi connectivity index (χ2n) is 8.87. The molecule has 0 unspecified atom stereocenters. The van der Waals surface area contributed by atoms with Crippen molar-refractivity contribution in [1.29, 1.82) is 5.26 Å². The number of hydrogen-bond donors (Lipinski definition) is 3. The van der Waals surface area contributed by atoms with Gasteiger partial charge in [0.2, 0.25) is 0 Å². The van der Waals surface area contributed by atoms with Gasteiger partial charge in [-0.1, -0.05) is 36.4 Å². The number of anilines is 1. The number of fused-ring (bicyclic) bond motifs is 1. The molecule has 0 saturated carbocycles. The van der Waals surface area contributed by atoms with Crippen LogP contribution in [0.3, 0.4) is 0 Å². The molecule has 1 saturated heterocycles. The van der Waals surface area contributed by atoms with E-state index in [9.17, 15) is 14.0 Å². The van der Waals surface area contributed by atoms with Crippen molar-refractivity contribution in [2.24, 2.45) is 4.99 Å². The average Bonchev–Trinajstić information content (AvgIpc) is 2.89. The van der Waals surface area contributed by atoms with Crippen molar-refractivity contribution in [3.8, 4) is 17.2 Å². The molecule has 34 heavy (non-hydrogen) atoms. The van der Waals surface area contributed by atoms with Crippen LogP contribution in [0.5, 0.6) is 0 Å². The topological polar surface area (TPSA) is 72.2 Å². The molecule has 0 amide bonds. The number of rotatable bonds is 4. The van der Waals surface area contributed by atoms with Crippen molar-refractivity contribution >= 4 is 11.6 Å². The van der Waals surface area contributed by atoms with E-state index in [1.807, 2.05) is 18.2 Å². The van der Waals surface area contributed by atoms with E-state index < -0.39 is 11.6 Å². The summed E-state index contributed by atoms with van der Waals surface area (Å²) in [6.07, 6.45) is 1.93. The molecule has 2 aliphatic rings. The van der Waals surface area contributed by atoms with Gasteiger partial charge in [-0.3, -0.25) is 0 Å². The molecule has 0 spiro atoms. The third-order valence-corrected chi connectivity index (χ3v) is 6.78. The number of piperidine rings is 1. The maximum atomic E-state index is 13.7. The maximum absolute atomic E-state index is 13.7. The van der Waals surface area contributed by atoms with Gasteiger partial charge in [0.25, 0.3) is 0 Å². The highest BCUT2D eigenvalue weighted by Gasteiger charge is 2.34. The van der Waals surface area contributed by atoms with Crippen LogP contribution >= 0.6 is 0 Å². The Morgan fingerprint density at radius 1 is 0.971 bits per heavy atom. The lowest BCUT2D eigenvalue weighted by Gasteiger charge is -2.39. The average molecular weight is 458 g/mol. The summed E-state index contributed by atoms with van der Waals surface area (Å²) in [6.45, 7) is 2.80. The summed E-state index contributed by atoms with van der Waals surface area (Å²) in [7, 11) is 0. The summed E-state index contributed by atoms with van der Waals surface area (Å²) >= 11 is 0. The second-order valence-corrected chi connectivity index (χ2v) is 8.87. The fourth-order valence-electron chi connectivity index (χ4n) is 4.78. The Bertz CT molecular complexity index is 1270. The van der Waals surface area contributed by atoms with Gasteiger partial charge in [-0.05, 0) is 60.8 Å². The summed E-state index contributed by atoms with van der Waals surface area (Å²) in [4.78, 5) is 4.48. The predicted molar refractivity (Wildman–Crippen MR) is 129 cm³/mol. The lowest BCUT2D eigenvalue weighted by molar-refractivity contribution is 0.306. The van der Waals surface area contributed by atoms with Crippen molar-refractivity contribution in [2.45, 2.75) is 24.8 Å². The van der Waals surface area contributed by atoms with Crippen LogP contribution in [0.25, 0.3) is 11.1 Å². The van der Waals surface area contributed by atoms with Crippen molar-refractivity contribution in [3.05, 3.63) is 89.0 Å². The first-order chi connectivity index (χ1) is 16.6. The quantitative estimate of drug-likeness (QED) is 0.531. The van der Waals surface area contributed by atoms with E-state index in [0.717, 1.165) is 37.1 Å². The van der Waals surface area contributed by atoms with Gasteiger partial charge in [-0.15, -0.1) is 0 Å². The van der Waals surface area contributed by atoms with Crippen molar-refractivity contribution < 1.29 is 8.78 Å². The van der Waals surface area contributed by atoms with E-state index in [0.29, 0.717) is 35.9 Å². The number of guanidine groups is 1. The van der Waals surface area contributed by atoms with Crippen LogP contribution in [0, 0.1) is 23.0 Å². The summed E-state index contributed by atoms with van der Waals surface area (Å²) in [6, 6.07) is 20.7. The zero-order valence-electron chi connectivity index (χ0n) is 18.7. The van der Waals surface area contributed by atoms with E-state index in [4.69, 9.17) is 0 Å². The first-order valence-electron chi connectivity index (χ1n) is 11.4. The predicted octanol–water partition coefficient (Wildman–Crippen LogP) is 4.70. The summed E-state index contributed by atoms with van der Waals surface area (Å²) in [5, 5.41) is 19.2. The Balaban J connectivity index is 1.34. The largest absolute Gasteiger partial charge is 0.355 e. The van der Waals surface area contributed by atoms with Crippen LogP contribution < -0.4 is 16.0 Å². The monoisotopic (exact) mass is 457 g/mol. The van der Waals surface area contributed by atoms with Crippen LogP contribution in [0.15, 0.2) is 65.7 Å². The molecule has 2 heterocycles. The zero-order valence-corrected chi connectivity index (χ0v) is 18.7. The molecular weight excluding hydrogens is 432 g/mol. The molecule has 0 atom stereocenters. The lowest BCUT2D eigenvalue weighted by Crippen LogP contribution is -2.49. The van der Waals surface area contributed by atoms with Crippen LogP contribution in [0.2, 0.25) is 0 Å². The molecule has 3 N–H and O–H groups in total. The van der Waals surface area contributed by atoms with E-state index in [1.165, 1.54) is 17.7 Å². The molecule has 172 valence electrons. The van der Waals surface area contributed by atoms with Crippen molar-refractivity contribution in [3.63, 3.8) is 0 Å². The third kappa shape index (κ3) is 4.37. The van der Waals surface area contributed by atoms with Gasteiger partial charge in [-0.25, -0.2) is 13.8 Å². The summed E-state index contributed by atoms with van der Waals surface area (Å²) in [5.41, 5.74) is 5.07. The fourth-order valence-corrected chi connectivity index (χ4v) is 4.78. The highest BCUT2D eigenvalue weighted by atomic mass is 19.2. The number of nitrogens with zero attached hydrogens (tertiary/aromatic N) is 2. The van der Waals surface area contributed by atoms with Gasteiger partial charge in [-0.2, -0.15) is 5.26 Å². The SMILES string of the molecule is N#Cc1cccc(-c2ccc(C3(CNC4=NCc5cc(F)c(F)cc5N4)CCNCC3)cc2)c1. The van der Waals surface area contributed by atoms with E-state index in [1.54, 1.807) is 6.07 Å². The number of nitrogens with one attached hydrogen (secondary N) is 3. The molecule has 0 bridgehead atoms. The van der Waals surface area contributed by atoms with Crippen LogP contribution in [-0.2, 0) is 12.0 Å². The van der Waals surface area contributed by atoms with E-state index in [-0.39, 0.29) is 5.41 Å². The highest BCUT2D eigenvalue weighted by molar-refractivity contribution is 5.95. The zero-order chi connectivity index (χ0) is 23.5. The molecule has 1 fully saturated rings. The Kier molecular flexibility index (Phi) is 5.99. The minimum Gasteiger partial charge on any atom is -0.355 e. The molecule has 7 heteroatoms. The molecular formula is C27H25F2N5. The maximum Gasteiger partial charge on any atom is 0.196 e. The highest BCUT2D eigenvalue weighted by Crippen LogP contribution is 2.34. The van der Waals surface area contributed by atoms with Gasteiger partial charge in [0.05, 0.1) is 18.2 Å². The first-order valence-corrected chi connectivity index (χ1v) is 11.4. The Hall–Kier alpha value is -3.76. The molecule has 0 radical (unpaired) electrons. The number of halogens is 2. The Morgan fingerprint density at radius 2 is 1.74 bits per heavy atom. The molecule has 3 aromatic carbocycles. The van der Waals surface area contributed by atoms with Crippen molar-refractivity contribution in [2.75, 3.05) is 25.0 Å². The smallest absolute Gasteiger partial charge is 0.196 e. The number of benzene rings is 3. The normalized spacial score (nSPS) is 16.6. The van der Waals surface area contributed by atoms with E-state index in [2.05, 4.69) is 51.3 Å². The Morgan fingerprint density at radius 3 is 2.50 bits per heavy atom. The van der Waals surface area contributed by atoms with Crippen LogP contribution in [0.4, 0.5) is 14.5 Å². The van der Waals surface area contributed by atoms with Gasteiger partial charge < -0.3 is 16.0 Å². The fraction of sp³-hybridized carbons (Fsp3) is 0.259.